The van der Waals surface area contributed by atoms with Gasteiger partial charge < -0.3 is 5.32 Å². The van der Waals surface area contributed by atoms with Crippen LogP contribution >= 0.6 is 0 Å². The summed E-state index contributed by atoms with van der Waals surface area (Å²) < 4.78 is 41.5. The van der Waals surface area contributed by atoms with Gasteiger partial charge in [-0.05, 0) is 24.6 Å². The summed E-state index contributed by atoms with van der Waals surface area (Å²) in [6.07, 6.45) is -1.57. The average Bonchev–Trinajstić information content (AvgIpc) is 3.19. The van der Waals surface area contributed by atoms with E-state index >= 15 is 0 Å². The minimum absolute atomic E-state index is 0.155. The van der Waals surface area contributed by atoms with Crippen molar-refractivity contribution >= 4 is 17.4 Å². The fourth-order valence-electron chi connectivity index (χ4n) is 2.74. The van der Waals surface area contributed by atoms with E-state index in [9.17, 15) is 28.1 Å². The van der Waals surface area contributed by atoms with Crippen LogP contribution in [0.1, 0.15) is 23.4 Å². The summed E-state index contributed by atoms with van der Waals surface area (Å²) in [6.45, 7) is 1.00. The monoisotopic (exact) mass is 408 g/mol. The summed E-state index contributed by atoms with van der Waals surface area (Å²) in [5.74, 6) is -0.850. The lowest BCUT2D eigenvalue weighted by Gasteiger charge is -2.04. The number of aromatic nitrogens is 4. The van der Waals surface area contributed by atoms with Crippen LogP contribution in [0.25, 0.3) is 0 Å². The van der Waals surface area contributed by atoms with Gasteiger partial charge in [-0.15, -0.1) is 0 Å². The molecule has 1 N–H and O–H groups in total. The van der Waals surface area contributed by atoms with Crippen molar-refractivity contribution in [3.8, 4) is 0 Å². The summed E-state index contributed by atoms with van der Waals surface area (Å²) in [4.78, 5) is 22.2. The maximum atomic E-state index is 13.2. The van der Waals surface area contributed by atoms with Gasteiger partial charge in [0.2, 0.25) is 11.6 Å². The maximum absolute atomic E-state index is 13.2. The second-order valence-corrected chi connectivity index (χ2v) is 6.11. The van der Waals surface area contributed by atoms with E-state index in [-0.39, 0.29) is 23.9 Å². The maximum Gasteiger partial charge on any atom is 0.319 e. The molecular weight excluding hydrogens is 393 g/mol. The lowest BCUT2D eigenvalue weighted by molar-refractivity contribution is -0.386. The molecule has 152 valence electrons. The molecular formula is C17H15F3N6O3. The van der Waals surface area contributed by atoms with Crippen molar-refractivity contribution in [2.24, 2.45) is 0 Å². The second-order valence-electron chi connectivity index (χ2n) is 6.11. The van der Waals surface area contributed by atoms with Gasteiger partial charge in [0.25, 0.3) is 6.43 Å². The number of hydrogen-bond donors (Lipinski definition) is 1. The van der Waals surface area contributed by atoms with Gasteiger partial charge in [0.1, 0.15) is 18.1 Å². The Hall–Kier alpha value is -3.70. The van der Waals surface area contributed by atoms with Gasteiger partial charge in [-0.25, -0.2) is 13.2 Å². The van der Waals surface area contributed by atoms with E-state index in [0.717, 1.165) is 4.68 Å². The number of rotatable bonds is 7. The van der Waals surface area contributed by atoms with Crippen LogP contribution in [0, 0.1) is 22.9 Å². The Labute approximate surface area is 161 Å². The van der Waals surface area contributed by atoms with Crippen molar-refractivity contribution in [3.05, 3.63) is 69.4 Å². The van der Waals surface area contributed by atoms with Crippen molar-refractivity contribution in [1.82, 2.24) is 19.6 Å². The van der Waals surface area contributed by atoms with Crippen molar-refractivity contribution in [1.29, 1.82) is 0 Å². The highest BCUT2D eigenvalue weighted by Gasteiger charge is 2.31. The zero-order chi connectivity index (χ0) is 21.1. The molecule has 0 fully saturated rings. The Morgan fingerprint density at radius 2 is 2.07 bits per heavy atom. The highest BCUT2D eigenvalue weighted by atomic mass is 19.3. The molecule has 9 nitrogen and oxygen atoms in total. The fourth-order valence-corrected chi connectivity index (χ4v) is 2.74. The van der Waals surface area contributed by atoms with Crippen LogP contribution < -0.4 is 5.32 Å². The number of hydrogen-bond acceptors (Lipinski definition) is 5. The SMILES string of the molecule is Cc1c([N+](=O)[O-])c(C(F)F)nn1CC(=O)Nc1ccn(Cc2cccc(F)c2)n1. The molecule has 0 aliphatic heterocycles. The molecule has 2 aromatic heterocycles. The predicted molar refractivity (Wildman–Crippen MR) is 94.9 cm³/mol. The first-order valence-corrected chi connectivity index (χ1v) is 8.32. The van der Waals surface area contributed by atoms with Gasteiger partial charge in [-0.2, -0.15) is 10.2 Å². The number of amides is 1. The third-order valence-electron chi connectivity index (χ3n) is 4.03. The van der Waals surface area contributed by atoms with Crippen LogP contribution in [0.2, 0.25) is 0 Å². The van der Waals surface area contributed by atoms with Crippen LogP contribution in [-0.2, 0) is 17.9 Å². The molecule has 0 saturated heterocycles. The first kappa shape index (κ1) is 20.0. The summed E-state index contributed by atoms with van der Waals surface area (Å²) >= 11 is 0. The number of nitrogens with one attached hydrogen (secondary N) is 1. The lowest BCUT2D eigenvalue weighted by Crippen LogP contribution is -2.21. The van der Waals surface area contributed by atoms with Crippen LogP contribution in [0.5, 0.6) is 0 Å². The predicted octanol–water partition coefficient (Wildman–Crippen LogP) is 3.06. The number of anilines is 1. The Morgan fingerprint density at radius 3 is 2.69 bits per heavy atom. The minimum Gasteiger partial charge on any atom is -0.308 e. The quantitative estimate of drug-likeness (QED) is 0.478. The molecule has 0 aliphatic rings. The van der Waals surface area contributed by atoms with E-state index < -0.39 is 35.2 Å². The van der Waals surface area contributed by atoms with Crippen molar-refractivity contribution < 1.29 is 22.9 Å². The molecule has 1 amide bonds. The van der Waals surface area contributed by atoms with Crippen molar-refractivity contribution in [2.75, 3.05) is 5.32 Å². The van der Waals surface area contributed by atoms with Gasteiger partial charge in [0.15, 0.2) is 5.82 Å². The Kier molecular flexibility index (Phi) is 5.61. The zero-order valence-electron chi connectivity index (χ0n) is 15.1. The first-order chi connectivity index (χ1) is 13.7. The number of alkyl halides is 2. The van der Waals surface area contributed by atoms with Gasteiger partial charge in [0, 0.05) is 12.3 Å². The molecule has 3 rings (SSSR count). The second kappa shape index (κ2) is 8.12. The average molecular weight is 408 g/mol. The molecule has 0 atom stereocenters. The molecule has 0 unspecified atom stereocenters. The van der Waals surface area contributed by atoms with Crippen LogP contribution in [-0.4, -0.2) is 30.4 Å². The number of benzene rings is 1. The number of nitrogens with zero attached hydrogens (tertiary/aromatic N) is 5. The fraction of sp³-hybridized carbons (Fsp3) is 0.235. The molecule has 12 heteroatoms. The van der Waals surface area contributed by atoms with E-state index in [2.05, 4.69) is 15.5 Å². The third kappa shape index (κ3) is 4.59. The first-order valence-electron chi connectivity index (χ1n) is 8.32. The summed E-state index contributed by atoms with van der Waals surface area (Å²) in [5, 5.41) is 21.1. The Bertz CT molecular complexity index is 1060. The Balaban J connectivity index is 1.68. The van der Waals surface area contributed by atoms with Crippen LogP contribution in [0.15, 0.2) is 36.5 Å². The molecule has 1 aromatic carbocycles. The molecule has 0 bridgehead atoms. The van der Waals surface area contributed by atoms with Gasteiger partial charge in [-0.3, -0.25) is 24.3 Å². The number of halogens is 3. The van der Waals surface area contributed by atoms with Gasteiger partial charge in [-0.1, -0.05) is 12.1 Å². The molecule has 0 saturated carbocycles. The van der Waals surface area contributed by atoms with E-state index in [1.807, 2.05) is 0 Å². The molecule has 29 heavy (non-hydrogen) atoms. The summed E-state index contributed by atoms with van der Waals surface area (Å²) in [6, 6.07) is 7.46. The van der Waals surface area contributed by atoms with E-state index in [1.165, 1.54) is 29.8 Å². The highest BCUT2D eigenvalue weighted by Crippen LogP contribution is 2.30. The zero-order valence-corrected chi connectivity index (χ0v) is 15.1. The molecule has 2 heterocycles. The third-order valence-corrected chi connectivity index (χ3v) is 4.03. The Morgan fingerprint density at radius 1 is 1.31 bits per heavy atom. The van der Waals surface area contributed by atoms with Gasteiger partial charge in [0.05, 0.1) is 11.5 Å². The number of nitro groups is 1. The van der Waals surface area contributed by atoms with E-state index in [0.29, 0.717) is 5.56 Å². The van der Waals surface area contributed by atoms with Crippen LogP contribution in [0.3, 0.4) is 0 Å². The number of carbonyl (C=O) groups is 1. The molecule has 0 radical (unpaired) electrons. The normalized spacial score (nSPS) is 11.1. The standard InChI is InChI=1S/C17H15F3N6O3/c1-10-16(26(28)29)15(17(19)20)23-25(10)9-14(27)21-13-5-6-24(22-13)8-11-3-2-4-12(18)7-11/h2-7,17H,8-9H2,1H3,(H,21,22,27). The topological polar surface area (TPSA) is 108 Å². The summed E-state index contributed by atoms with van der Waals surface area (Å²) in [7, 11) is 0. The van der Waals surface area contributed by atoms with Crippen molar-refractivity contribution in [2.45, 2.75) is 26.4 Å². The van der Waals surface area contributed by atoms with Crippen molar-refractivity contribution in [3.63, 3.8) is 0 Å². The van der Waals surface area contributed by atoms with Crippen LogP contribution in [0.4, 0.5) is 24.7 Å². The molecule has 3 aromatic rings. The van der Waals surface area contributed by atoms with E-state index in [1.54, 1.807) is 18.3 Å². The highest BCUT2D eigenvalue weighted by molar-refractivity contribution is 5.89. The molecule has 0 aliphatic carbocycles. The van der Waals surface area contributed by atoms with E-state index in [4.69, 9.17) is 0 Å². The lowest BCUT2D eigenvalue weighted by atomic mass is 10.2. The van der Waals surface area contributed by atoms with Gasteiger partial charge >= 0.3 is 5.69 Å². The smallest absolute Gasteiger partial charge is 0.308 e. The number of carbonyl (C=O) groups excluding carboxylic acids is 1. The largest absolute Gasteiger partial charge is 0.319 e. The molecule has 0 spiro atoms. The summed E-state index contributed by atoms with van der Waals surface area (Å²) in [5.41, 5.74) is -1.28. The minimum atomic E-state index is -3.14.